The second kappa shape index (κ2) is 8.79. The fourth-order valence-corrected chi connectivity index (χ4v) is 3.19. The molecule has 0 atom stereocenters. The summed E-state index contributed by atoms with van der Waals surface area (Å²) in [5, 5.41) is 6.33. The number of thioether (sulfide) groups is 1. The van der Waals surface area contributed by atoms with Gasteiger partial charge in [0.15, 0.2) is 0 Å². The van der Waals surface area contributed by atoms with Crippen LogP contribution in [-0.4, -0.2) is 43.9 Å². The summed E-state index contributed by atoms with van der Waals surface area (Å²) in [5.74, 6) is 1.65. The third-order valence-corrected chi connectivity index (χ3v) is 4.62. The van der Waals surface area contributed by atoms with Crippen molar-refractivity contribution in [3.8, 4) is 5.75 Å². The summed E-state index contributed by atoms with van der Waals surface area (Å²) >= 11 is 1.91. The predicted octanol–water partition coefficient (Wildman–Crippen LogP) is 2.73. The van der Waals surface area contributed by atoms with Crippen molar-refractivity contribution in [1.82, 2.24) is 5.32 Å². The van der Waals surface area contributed by atoms with Crippen LogP contribution in [-0.2, 0) is 4.74 Å². The van der Waals surface area contributed by atoms with Crippen molar-refractivity contribution in [3.05, 3.63) is 24.3 Å². The van der Waals surface area contributed by atoms with Gasteiger partial charge in [-0.15, -0.1) is 0 Å². The second-order valence-corrected chi connectivity index (χ2v) is 6.20. The average molecular weight is 310 g/mol. The lowest BCUT2D eigenvalue weighted by molar-refractivity contribution is 0.100. The lowest BCUT2D eigenvalue weighted by Crippen LogP contribution is -2.31. The van der Waals surface area contributed by atoms with E-state index >= 15 is 0 Å². The zero-order valence-corrected chi connectivity index (χ0v) is 13.1. The summed E-state index contributed by atoms with van der Waals surface area (Å²) in [5.41, 5.74) is 0.726. The van der Waals surface area contributed by atoms with E-state index in [0.29, 0.717) is 11.8 Å². The minimum Gasteiger partial charge on any atom is -0.497 e. The molecule has 2 rings (SSSR count). The van der Waals surface area contributed by atoms with Gasteiger partial charge in [0.05, 0.1) is 7.11 Å². The molecule has 1 aliphatic rings. The molecule has 1 saturated heterocycles. The first kappa shape index (κ1) is 16.0. The molecule has 1 aliphatic heterocycles. The Hall–Kier alpha value is -1.40. The molecule has 0 aliphatic carbocycles. The first-order valence-electron chi connectivity index (χ1n) is 7.16. The van der Waals surface area contributed by atoms with E-state index in [0.717, 1.165) is 43.2 Å². The maximum Gasteiger partial charge on any atom is 0.319 e. The summed E-state index contributed by atoms with van der Waals surface area (Å²) in [6.07, 6.45) is 2.22. The molecule has 1 fully saturated rings. The SMILES string of the molecule is COc1cccc(NC(=O)NCCSC2CCOCC2)c1. The Kier molecular flexibility index (Phi) is 6.69. The second-order valence-electron chi connectivity index (χ2n) is 4.80. The Morgan fingerprint density at radius 1 is 1.43 bits per heavy atom. The van der Waals surface area contributed by atoms with Gasteiger partial charge in [-0.25, -0.2) is 4.79 Å². The van der Waals surface area contributed by atoms with Crippen molar-refractivity contribution >= 4 is 23.5 Å². The smallest absolute Gasteiger partial charge is 0.319 e. The molecule has 0 spiro atoms. The van der Waals surface area contributed by atoms with Crippen molar-refractivity contribution in [2.45, 2.75) is 18.1 Å². The normalized spacial score (nSPS) is 15.5. The number of anilines is 1. The zero-order valence-electron chi connectivity index (χ0n) is 12.3. The molecule has 2 amide bonds. The van der Waals surface area contributed by atoms with E-state index in [-0.39, 0.29) is 6.03 Å². The molecular weight excluding hydrogens is 288 g/mol. The van der Waals surface area contributed by atoms with Crippen molar-refractivity contribution in [2.24, 2.45) is 0 Å². The minimum atomic E-state index is -0.184. The van der Waals surface area contributed by atoms with Crippen molar-refractivity contribution in [3.63, 3.8) is 0 Å². The van der Waals surface area contributed by atoms with Crippen LogP contribution < -0.4 is 15.4 Å². The maximum absolute atomic E-state index is 11.8. The largest absolute Gasteiger partial charge is 0.497 e. The Labute approximate surface area is 129 Å². The predicted molar refractivity (Wildman–Crippen MR) is 86.3 cm³/mol. The number of benzene rings is 1. The number of nitrogens with one attached hydrogen (secondary N) is 2. The zero-order chi connectivity index (χ0) is 14.9. The van der Waals surface area contributed by atoms with Gasteiger partial charge in [-0.2, -0.15) is 11.8 Å². The number of carbonyl (C=O) groups is 1. The van der Waals surface area contributed by atoms with E-state index in [1.807, 2.05) is 30.0 Å². The Morgan fingerprint density at radius 3 is 3.00 bits per heavy atom. The summed E-state index contributed by atoms with van der Waals surface area (Å²) in [7, 11) is 1.60. The number of hydrogen-bond acceptors (Lipinski definition) is 4. The molecule has 0 aromatic heterocycles. The van der Waals surface area contributed by atoms with Crippen molar-refractivity contribution < 1.29 is 14.3 Å². The summed E-state index contributed by atoms with van der Waals surface area (Å²) in [6, 6.07) is 7.12. The molecule has 6 heteroatoms. The monoisotopic (exact) mass is 310 g/mol. The number of rotatable bonds is 6. The van der Waals surface area contributed by atoms with Gasteiger partial charge < -0.3 is 20.1 Å². The molecule has 0 radical (unpaired) electrons. The van der Waals surface area contributed by atoms with Gasteiger partial charge in [0.2, 0.25) is 0 Å². The molecule has 1 aromatic rings. The van der Waals surface area contributed by atoms with Gasteiger partial charge in [0, 0.05) is 42.5 Å². The number of ether oxygens (including phenoxy) is 2. The van der Waals surface area contributed by atoms with Crippen LogP contribution in [0.3, 0.4) is 0 Å². The molecule has 0 saturated carbocycles. The van der Waals surface area contributed by atoms with Crippen molar-refractivity contribution in [2.75, 3.05) is 37.9 Å². The summed E-state index contributed by atoms with van der Waals surface area (Å²) in [4.78, 5) is 11.8. The molecule has 0 unspecified atom stereocenters. The van der Waals surface area contributed by atoms with Crippen molar-refractivity contribution in [1.29, 1.82) is 0 Å². The lowest BCUT2D eigenvalue weighted by Gasteiger charge is -2.21. The summed E-state index contributed by atoms with van der Waals surface area (Å²) < 4.78 is 10.4. The highest BCUT2D eigenvalue weighted by Gasteiger charge is 2.13. The van der Waals surface area contributed by atoms with Gasteiger partial charge in [0.25, 0.3) is 0 Å². The Morgan fingerprint density at radius 2 is 2.24 bits per heavy atom. The molecule has 21 heavy (non-hydrogen) atoms. The molecule has 116 valence electrons. The molecule has 5 nitrogen and oxygen atoms in total. The highest BCUT2D eigenvalue weighted by molar-refractivity contribution is 7.99. The van der Waals surface area contributed by atoms with Crippen LogP contribution in [0.1, 0.15) is 12.8 Å². The number of urea groups is 1. The molecule has 2 N–H and O–H groups in total. The number of amides is 2. The highest BCUT2D eigenvalue weighted by Crippen LogP contribution is 2.21. The van der Waals surface area contributed by atoms with E-state index in [2.05, 4.69) is 10.6 Å². The van der Waals surface area contributed by atoms with Gasteiger partial charge in [-0.3, -0.25) is 0 Å². The number of hydrogen-bond donors (Lipinski definition) is 2. The van der Waals surface area contributed by atoms with E-state index in [1.54, 1.807) is 13.2 Å². The molecule has 1 aromatic carbocycles. The molecule has 0 bridgehead atoms. The van der Waals surface area contributed by atoms with Crippen LogP contribution in [0.4, 0.5) is 10.5 Å². The van der Waals surface area contributed by atoms with E-state index in [9.17, 15) is 4.79 Å². The van der Waals surface area contributed by atoms with E-state index < -0.39 is 0 Å². The molecule has 1 heterocycles. The van der Waals surface area contributed by atoms with Crippen LogP contribution in [0, 0.1) is 0 Å². The fourth-order valence-electron chi connectivity index (χ4n) is 2.11. The third kappa shape index (κ3) is 5.85. The van der Waals surface area contributed by atoms with Crippen LogP contribution >= 0.6 is 11.8 Å². The fraction of sp³-hybridized carbons (Fsp3) is 0.533. The van der Waals surface area contributed by atoms with E-state index in [1.165, 1.54) is 0 Å². The van der Waals surface area contributed by atoms with Crippen LogP contribution in [0.15, 0.2) is 24.3 Å². The number of carbonyl (C=O) groups excluding carboxylic acids is 1. The Bertz CT molecular complexity index is 450. The van der Waals surface area contributed by atoms with Crippen LogP contribution in [0.5, 0.6) is 5.75 Å². The standard InChI is InChI=1S/C15H22N2O3S/c1-19-13-4-2-3-12(11-13)17-15(18)16-7-10-21-14-5-8-20-9-6-14/h2-4,11,14H,5-10H2,1H3,(H2,16,17,18). The van der Waals surface area contributed by atoms with Crippen LogP contribution in [0.2, 0.25) is 0 Å². The van der Waals surface area contributed by atoms with E-state index in [4.69, 9.17) is 9.47 Å². The Balaban J connectivity index is 1.62. The molecular formula is C15H22N2O3S. The topological polar surface area (TPSA) is 59.6 Å². The first-order valence-corrected chi connectivity index (χ1v) is 8.21. The van der Waals surface area contributed by atoms with Gasteiger partial charge in [0.1, 0.15) is 5.75 Å². The van der Waals surface area contributed by atoms with Gasteiger partial charge >= 0.3 is 6.03 Å². The quantitative estimate of drug-likeness (QED) is 0.793. The van der Waals surface area contributed by atoms with Crippen LogP contribution in [0.25, 0.3) is 0 Å². The maximum atomic E-state index is 11.8. The average Bonchev–Trinajstić information content (AvgIpc) is 2.53. The summed E-state index contributed by atoms with van der Waals surface area (Å²) in [6.45, 7) is 2.39. The van der Waals surface area contributed by atoms with Gasteiger partial charge in [-0.05, 0) is 25.0 Å². The highest BCUT2D eigenvalue weighted by atomic mass is 32.2. The van der Waals surface area contributed by atoms with Gasteiger partial charge in [-0.1, -0.05) is 6.07 Å². The number of methoxy groups -OCH3 is 1. The minimum absolute atomic E-state index is 0.184. The third-order valence-electron chi connectivity index (χ3n) is 3.24. The first-order chi connectivity index (χ1) is 10.3. The lowest BCUT2D eigenvalue weighted by atomic mass is 10.2.